The maximum atomic E-state index is 12.6. The van der Waals surface area contributed by atoms with Crippen molar-refractivity contribution in [2.24, 2.45) is 5.92 Å². The van der Waals surface area contributed by atoms with E-state index in [4.69, 9.17) is 9.47 Å². The molecule has 0 saturated carbocycles. The third-order valence-electron chi connectivity index (χ3n) is 4.63. The van der Waals surface area contributed by atoms with Crippen molar-refractivity contribution >= 4 is 17.7 Å². The highest BCUT2D eigenvalue weighted by Gasteiger charge is 2.26. The second-order valence-electron chi connectivity index (χ2n) is 7.56. The van der Waals surface area contributed by atoms with E-state index in [0.717, 1.165) is 11.1 Å². The van der Waals surface area contributed by atoms with Crippen LogP contribution in [0.5, 0.6) is 0 Å². The number of carbonyl (C=O) groups excluding carboxylic acids is 2. The first-order valence-corrected chi connectivity index (χ1v) is 9.96. The molecule has 0 aliphatic rings. The lowest BCUT2D eigenvalue weighted by Gasteiger charge is -2.20. The Kier molecular flexibility index (Phi) is 7.02. The Bertz CT molecular complexity index is 1130. The molecule has 1 N–H and O–H groups in total. The molecule has 3 aromatic rings. The molecule has 8 nitrogen and oxygen atoms in total. The summed E-state index contributed by atoms with van der Waals surface area (Å²) in [7, 11) is 0. The molecular formula is C23H25N3O5. The number of nitrogens with one attached hydrogen (secondary N) is 1. The third-order valence-corrected chi connectivity index (χ3v) is 4.63. The number of rotatable bonds is 7. The van der Waals surface area contributed by atoms with Crippen LogP contribution in [-0.4, -0.2) is 27.5 Å². The SMILES string of the molecule is Cc1ccc2nc(COC(=O)[C@@H](NC(=O)OCc3ccccc3)C(C)C)cc(=O)n2c1. The lowest BCUT2D eigenvalue weighted by Crippen LogP contribution is -2.45. The summed E-state index contributed by atoms with van der Waals surface area (Å²) in [5.74, 6) is -0.854. The number of aromatic nitrogens is 2. The van der Waals surface area contributed by atoms with Crippen molar-refractivity contribution in [1.82, 2.24) is 14.7 Å². The first-order chi connectivity index (χ1) is 14.8. The molecule has 0 unspecified atom stereocenters. The number of nitrogens with zero attached hydrogens (tertiary/aromatic N) is 2. The molecule has 162 valence electrons. The van der Waals surface area contributed by atoms with E-state index < -0.39 is 18.1 Å². The minimum absolute atomic E-state index is 0.0942. The van der Waals surface area contributed by atoms with Gasteiger partial charge in [-0.05, 0) is 30.0 Å². The minimum Gasteiger partial charge on any atom is -0.458 e. The van der Waals surface area contributed by atoms with Crippen LogP contribution in [-0.2, 0) is 27.5 Å². The van der Waals surface area contributed by atoms with Crippen LogP contribution in [0.1, 0.15) is 30.7 Å². The summed E-state index contributed by atoms with van der Waals surface area (Å²) >= 11 is 0. The first-order valence-electron chi connectivity index (χ1n) is 9.96. The summed E-state index contributed by atoms with van der Waals surface area (Å²) in [5, 5.41) is 2.55. The Balaban J connectivity index is 1.60. The zero-order valence-corrected chi connectivity index (χ0v) is 17.7. The number of alkyl carbamates (subject to hydrolysis) is 1. The smallest absolute Gasteiger partial charge is 0.408 e. The molecule has 31 heavy (non-hydrogen) atoms. The summed E-state index contributed by atoms with van der Waals surface area (Å²) in [5.41, 5.74) is 2.30. The molecule has 0 aliphatic heterocycles. The Morgan fingerprint density at radius 2 is 1.81 bits per heavy atom. The monoisotopic (exact) mass is 423 g/mol. The van der Waals surface area contributed by atoms with Gasteiger partial charge in [0.1, 0.15) is 24.9 Å². The number of aryl methyl sites for hydroxylation is 1. The molecule has 0 spiro atoms. The van der Waals surface area contributed by atoms with Crippen LogP contribution in [0, 0.1) is 12.8 Å². The van der Waals surface area contributed by atoms with Crippen molar-refractivity contribution in [2.45, 2.75) is 40.0 Å². The van der Waals surface area contributed by atoms with Gasteiger partial charge in [-0.25, -0.2) is 14.6 Å². The van der Waals surface area contributed by atoms with Crippen LogP contribution in [0.25, 0.3) is 5.65 Å². The fourth-order valence-electron chi connectivity index (χ4n) is 2.96. The van der Waals surface area contributed by atoms with Crippen molar-refractivity contribution in [1.29, 1.82) is 0 Å². The van der Waals surface area contributed by atoms with Gasteiger partial charge < -0.3 is 14.8 Å². The van der Waals surface area contributed by atoms with Crippen molar-refractivity contribution in [3.05, 3.63) is 81.9 Å². The lowest BCUT2D eigenvalue weighted by atomic mass is 10.1. The molecular weight excluding hydrogens is 398 g/mol. The fourth-order valence-corrected chi connectivity index (χ4v) is 2.96. The van der Waals surface area contributed by atoms with E-state index in [1.165, 1.54) is 10.5 Å². The van der Waals surface area contributed by atoms with E-state index in [9.17, 15) is 14.4 Å². The summed E-state index contributed by atoms with van der Waals surface area (Å²) < 4.78 is 11.9. The Morgan fingerprint density at radius 3 is 2.52 bits per heavy atom. The maximum Gasteiger partial charge on any atom is 0.408 e. The minimum atomic E-state index is -0.896. The summed E-state index contributed by atoms with van der Waals surface area (Å²) in [6.45, 7) is 5.36. The van der Waals surface area contributed by atoms with Crippen LogP contribution >= 0.6 is 0 Å². The largest absolute Gasteiger partial charge is 0.458 e. The number of amides is 1. The second kappa shape index (κ2) is 9.88. The number of ether oxygens (including phenoxy) is 2. The number of hydrogen-bond acceptors (Lipinski definition) is 6. The average Bonchev–Trinajstić information content (AvgIpc) is 2.75. The molecule has 0 radical (unpaired) electrons. The van der Waals surface area contributed by atoms with E-state index in [0.29, 0.717) is 11.3 Å². The zero-order valence-electron chi connectivity index (χ0n) is 17.7. The normalized spacial score (nSPS) is 11.9. The standard InChI is InChI=1S/C23H25N3O5/c1-15(2)21(25-23(29)31-13-17-7-5-4-6-8-17)22(28)30-14-18-11-20(27)26-12-16(3)9-10-19(26)24-18/h4-12,15,21H,13-14H2,1-3H3,(H,25,29)/t21-/m0/s1. The molecule has 1 atom stereocenters. The van der Waals surface area contributed by atoms with Gasteiger partial charge in [0.2, 0.25) is 0 Å². The van der Waals surface area contributed by atoms with Crippen LogP contribution in [0.15, 0.2) is 59.5 Å². The van der Waals surface area contributed by atoms with Gasteiger partial charge in [0.05, 0.1) is 5.69 Å². The van der Waals surface area contributed by atoms with Gasteiger partial charge in [0.25, 0.3) is 5.56 Å². The zero-order chi connectivity index (χ0) is 22.4. The molecule has 3 rings (SSSR count). The van der Waals surface area contributed by atoms with Crippen LogP contribution < -0.4 is 10.9 Å². The van der Waals surface area contributed by atoms with Gasteiger partial charge in [-0.15, -0.1) is 0 Å². The van der Waals surface area contributed by atoms with E-state index in [1.807, 2.05) is 43.3 Å². The number of benzene rings is 1. The second-order valence-corrected chi connectivity index (χ2v) is 7.56. The first kappa shape index (κ1) is 22.0. The van der Waals surface area contributed by atoms with Crippen LogP contribution in [0.4, 0.5) is 4.79 Å². The van der Waals surface area contributed by atoms with E-state index in [-0.39, 0.29) is 24.7 Å². The molecule has 0 aliphatic carbocycles. The van der Waals surface area contributed by atoms with Gasteiger partial charge in [-0.3, -0.25) is 9.20 Å². The van der Waals surface area contributed by atoms with Crippen LogP contribution in [0.3, 0.4) is 0 Å². The third kappa shape index (κ3) is 5.91. The van der Waals surface area contributed by atoms with E-state index >= 15 is 0 Å². The van der Waals surface area contributed by atoms with Gasteiger partial charge in [0.15, 0.2) is 0 Å². The molecule has 0 bridgehead atoms. The molecule has 1 amide bonds. The molecule has 2 heterocycles. The Labute approximate surface area is 179 Å². The Morgan fingerprint density at radius 1 is 1.06 bits per heavy atom. The number of carbonyl (C=O) groups is 2. The van der Waals surface area contributed by atoms with Gasteiger partial charge in [0, 0.05) is 12.3 Å². The topological polar surface area (TPSA) is 99.0 Å². The Hall–Kier alpha value is -3.68. The van der Waals surface area contributed by atoms with Crippen molar-refractivity contribution in [3.63, 3.8) is 0 Å². The van der Waals surface area contributed by atoms with E-state index in [1.54, 1.807) is 26.1 Å². The molecule has 1 aromatic carbocycles. The number of esters is 1. The van der Waals surface area contributed by atoms with Gasteiger partial charge in [-0.1, -0.05) is 50.2 Å². The number of fused-ring (bicyclic) bond motifs is 1. The van der Waals surface area contributed by atoms with Crippen molar-refractivity contribution in [3.8, 4) is 0 Å². The lowest BCUT2D eigenvalue weighted by molar-refractivity contribution is -0.148. The highest BCUT2D eigenvalue weighted by Crippen LogP contribution is 2.09. The van der Waals surface area contributed by atoms with Crippen molar-refractivity contribution in [2.75, 3.05) is 0 Å². The molecule has 8 heteroatoms. The number of hydrogen-bond donors (Lipinski definition) is 1. The van der Waals surface area contributed by atoms with E-state index in [2.05, 4.69) is 10.3 Å². The highest BCUT2D eigenvalue weighted by molar-refractivity contribution is 5.81. The van der Waals surface area contributed by atoms with Crippen LogP contribution in [0.2, 0.25) is 0 Å². The summed E-state index contributed by atoms with van der Waals surface area (Å²) in [6, 6.07) is 13.2. The highest BCUT2D eigenvalue weighted by atomic mass is 16.6. The summed E-state index contributed by atoms with van der Waals surface area (Å²) in [6.07, 6.45) is 0.984. The summed E-state index contributed by atoms with van der Waals surface area (Å²) in [4.78, 5) is 41.3. The predicted octanol–water partition coefficient (Wildman–Crippen LogP) is 3.00. The fraction of sp³-hybridized carbons (Fsp3) is 0.304. The molecule has 2 aromatic heterocycles. The average molecular weight is 423 g/mol. The maximum absolute atomic E-state index is 12.6. The predicted molar refractivity (Wildman–Crippen MR) is 114 cm³/mol. The van der Waals surface area contributed by atoms with Gasteiger partial charge >= 0.3 is 12.1 Å². The number of pyridine rings is 1. The molecule has 0 saturated heterocycles. The molecule has 0 fully saturated rings. The van der Waals surface area contributed by atoms with Crippen molar-refractivity contribution < 1.29 is 19.1 Å². The quantitative estimate of drug-likeness (QED) is 0.587. The van der Waals surface area contributed by atoms with Gasteiger partial charge in [-0.2, -0.15) is 0 Å².